The number of hydrogen-bond acceptors (Lipinski definition) is 5. The van der Waals surface area contributed by atoms with Crippen molar-refractivity contribution in [2.45, 2.75) is 19.9 Å². The largest absolute Gasteiger partial charge is 0.337 e. The Morgan fingerprint density at radius 2 is 1.56 bits per heavy atom. The maximum absolute atomic E-state index is 5.29. The van der Waals surface area contributed by atoms with Crippen LogP contribution in [-0.4, -0.2) is 21.5 Å². The van der Waals surface area contributed by atoms with Gasteiger partial charge in [-0.3, -0.25) is 0 Å². The molecule has 2 aliphatic rings. The first-order chi connectivity index (χ1) is 19.1. The van der Waals surface area contributed by atoms with Gasteiger partial charge in [-0.2, -0.15) is 5.10 Å². The molecular weight excluding hydrogens is 548 g/mol. The minimum Gasteiger partial charge on any atom is -0.337 e. The minimum absolute atomic E-state index is 0.158. The third kappa shape index (κ3) is 4.06. The van der Waals surface area contributed by atoms with E-state index >= 15 is 0 Å². The number of aryl methyl sites for hydroxylation is 2. The maximum Gasteiger partial charge on any atom is 0.179 e. The number of amidine groups is 2. The molecule has 0 radical (unpaired) electrons. The molecule has 0 amide bonds. The molecule has 0 saturated carbocycles. The molecule has 0 fully saturated rings. The van der Waals surface area contributed by atoms with Crippen molar-refractivity contribution in [3.05, 3.63) is 130 Å². The Kier molecular flexibility index (Phi) is 5.67. The van der Waals surface area contributed by atoms with E-state index in [4.69, 9.17) is 15.1 Å². The van der Waals surface area contributed by atoms with E-state index in [1.807, 2.05) is 28.9 Å². The number of fused-ring (bicyclic) bond motifs is 4. The molecule has 0 spiro atoms. The van der Waals surface area contributed by atoms with Gasteiger partial charge in [0.15, 0.2) is 17.5 Å². The number of para-hydroxylation sites is 3. The normalized spacial score (nSPS) is 15.6. The number of halogens is 1. The van der Waals surface area contributed by atoms with Gasteiger partial charge >= 0.3 is 0 Å². The average Bonchev–Trinajstić information content (AvgIpc) is 3.29. The highest BCUT2D eigenvalue weighted by Gasteiger charge is 2.41. The lowest BCUT2D eigenvalue weighted by Crippen LogP contribution is -2.46. The van der Waals surface area contributed by atoms with E-state index in [1.165, 1.54) is 5.56 Å². The van der Waals surface area contributed by atoms with Crippen molar-refractivity contribution < 1.29 is 0 Å². The van der Waals surface area contributed by atoms with Crippen LogP contribution in [0.4, 0.5) is 22.9 Å². The lowest BCUT2D eigenvalue weighted by molar-refractivity contribution is 0.815. The van der Waals surface area contributed by atoms with Crippen LogP contribution in [0, 0.1) is 13.8 Å². The van der Waals surface area contributed by atoms with Crippen molar-refractivity contribution in [2.24, 2.45) is 9.98 Å². The molecule has 1 aromatic heterocycles. The molecule has 190 valence electrons. The van der Waals surface area contributed by atoms with Crippen molar-refractivity contribution in [2.75, 3.05) is 10.2 Å². The molecular formula is C32H25BrN6. The van der Waals surface area contributed by atoms with Crippen molar-refractivity contribution in [3.8, 4) is 5.69 Å². The fraction of sp³-hybridized carbons (Fsp3) is 0.0938. The van der Waals surface area contributed by atoms with Gasteiger partial charge in [0.05, 0.1) is 28.8 Å². The second kappa shape index (κ2) is 9.36. The summed E-state index contributed by atoms with van der Waals surface area (Å²) in [5.41, 5.74) is 8.18. The van der Waals surface area contributed by atoms with Gasteiger partial charge in [-0.15, -0.1) is 0 Å². The second-order valence-corrected chi connectivity index (χ2v) is 10.7. The number of rotatable bonds is 3. The van der Waals surface area contributed by atoms with E-state index in [0.717, 1.165) is 55.7 Å². The first kappa shape index (κ1) is 23.6. The Labute approximate surface area is 235 Å². The summed E-state index contributed by atoms with van der Waals surface area (Å²) in [6, 6.07) is 35.1. The molecule has 2 aliphatic heterocycles. The molecule has 0 unspecified atom stereocenters. The summed E-state index contributed by atoms with van der Waals surface area (Å²) in [4.78, 5) is 12.7. The molecule has 1 N–H and O–H groups in total. The third-order valence-electron chi connectivity index (χ3n) is 7.12. The fourth-order valence-corrected chi connectivity index (χ4v) is 5.73. The van der Waals surface area contributed by atoms with Gasteiger partial charge in [0, 0.05) is 15.7 Å². The van der Waals surface area contributed by atoms with Gasteiger partial charge < -0.3 is 10.2 Å². The predicted molar refractivity (Wildman–Crippen MR) is 162 cm³/mol. The zero-order valence-corrected chi connectivity index (χ0v) is 23.1. The van der Waals surface area contributed by atoms with E-state index in [9.17, 15) is 0 Å². The van der Waals surface area contributed by atoms with Crippen LogP contribution >= 0.6 is 15.9 Å². The first-order valence-corrected chi connectivity index (χ1v) is 13.7. The standard InChI is InChI=1S/C32H25BrN6/c1-20-15-17-24(18-16-20)34-30-32-36-31-28(21(2)37-39(31)25-11-4-3-5-12-25)29(22-9-8-10-23(33)19-22)38(32)27-14-7-6-13-26(27)35-30/h3-19,29H,1-2H3,(H,34,35)/t29-/m1/s1. The molecule has 39 heavy (non-hydrogen) atoms. The molecule has 0 saturated heterocycles. The third-order valence-corrected chi connectivity index (χ3v) is 7.61. The lowest BCUT2D eigenvalue weighted by Gasteiger charge is -2.40. The van der Waals surface area contributed by atoms with Gasteiger partial charge in [0.2, 0.25) is 0 Å². The number of benzene rings is 4. The van der Waals surface area contributed by atoms with Crippen LogP contribution in [0.1, 0.15) is 28.4 Å². The number of nitrogens with one attached hydrogen (secondary N) is 1. The Balaban J connectivity index is 1.50. The molecule has 7 heteroatoms. The topological polar surface area (TPSA) is 57.8 Å². The minimum atomic E-state index is -0.158. The number of hydrogen-bond donors (Lipinski definition) is 1. The smallest absolute Gasteiger partial charge is 0.179 e. The molecule has 7 rings (SSSR count). The summed E-state index contributed by atoms with van der Waals surface area (Å²) < 4.78 is 2.97. The SMILES string of the molecule is Cc1ccc(NC2=Nc3ccccc3N3C2=Nc2c(c(C)nn2-c2ccccc2)[C@H]3c2cccc(Br)c2)cc1. The summed E-state index contributed by atoms with van der Waals surface area (Å²) in [5.74, 6) is 2.26. The summed E-state index contributed by atoms with van der Waals surface area (Å²) in [6.45, 7) is 4.15. The molecule has 4 aromatic carbocycles. The van der Waals surface area contributed by atoms with E-state index in [-0.39, 0.29) is 6.04 Å². The summed E-state index contributed by atoms with van der Waals surface area (Å²) in [5, 5.41) is 8.57. The van der Waals surface area contributed by atoms with Gasteiger partial charge in [-0.05, 0) is 67.9 Å². The van der Waals surface area contributed by atoms with Crippen LogP contribution in [0.5, 0.6) is 0 Å². The predicted octanol–water partition coefficient (Wildman–Crippen LogP) is 8.05. The second-order valence-electron chi connectivity index (χ2n) is 9.77. The number of aliphatic imine (C=N–C) groups is 2. The highest BCUT2D eigenvalue weighted by Crippen LogP contribution is 2.48. The van der Waals surface area contributed by atoms with Crippen LogP contribution < -0.4 is 10.2 Å². The van der Waals surface area contributed by atoms with Crippen LogP contribution in [0.2, 0.25) is 0 Å². The highest BCUT2D eigenvalue weighted by atomic mass is 79.9. The summed E-state index contributed by atoms with van der Waals surface area (Å²) in [6.07, 6.45) is 0. The maximum atomic E-state index is 5.29. The van der Waals surface area contributed by atoms with Crippen molar-refractivity contribution in [3.63, 3.8) is 0 Å². The molecule has 6 nitrogen and oxygen atoms in total. The fourth-order valence-electron chi connectivity index (χ4n) is 5.31. The molecule has 5 aromatic rings. The quantitative estimate of drug-likeness (QED) is 0.238. The molecule has 1 atom stereocenters. The number of anilines is 2. The van der Waals surface area contributed by atoms with E-state index in [1.54, 1.807) is 0 Å². The van der Waals surface area contributed by atoms with Gasteiger partial charge in [0.25, 0.3) is 0 Å². The van der Waals surface area contributed by atoms with Gasteiger partial charge in [-0.1, -0.05) is 76.1 Å². The van der Waals surface area contributed by atoms with Crippen LogP contribution in [0.25, 0.3) is 5.69 Å². The van der Waals surface area contributed by atoms with Crippen LogP contribution in [0.15, 0.2) is 118 Å². The van der Waals surface area contributed by atoms with Crippen LogP contribution in [-0.2, 0) is 0 Å². The average molecular weight is 573 g/mol. The van der Waals surface area contributed by atoms with Crippen molar-refractivity contribution in [1.29, 1.82) is 0 Å². The zero-order chi connectivity index (χ0) is 26.5. The summed E-state index contributed by atoms with van der Waals surface area (Å²) >= 11 is 3.71. The first-order valence-electron chi connectivity index (χ1n) is 12.9. The summed E-state index contributed by atoms with van der Waals surface area (Å²) in [7, 11) is 0. The Hall–Kier alpha value is -4.49. The Bertz CT molecular complexity index is 1770. The van der Waals surface area contributed by atoms with Crippen LogP contribution in [0.3, 0.4) is 0 Å². The van der Waals surface area contributed by atoms with E-state index in [0.29, 0.717) is 5.84 Å². The molecule has 0 aliphatic carbocycles. The monoisotopic (exact) mass is 572 g/mol. The van der Waals surface area contributed by atoms with E-state index in [2.05, 4.69) is 119 Å². The van der Waals surface area contributed by atoms with Crippen molar-refractivity contribution >= 4 is 50.5 Å². The number of aromatic nitrogens is 2. The highest BCUT2D eigenvalue weighted by molar-refractivity contribution is 9.10. The molecule has 3 heterocycles. The van der Waals surface area contributed by atoms with E-state index < -0.39 is 0 Å². The van der Waals surface area contributed by atoms with Gasteiger partial charge in [0.1, 0.15) is 0 Å². The Morgan fingerprint density at radius 3 is 2.36 bits per heavy atom. The zero-order valence-electron chi connectivity index (χ0n) is 21.5. The molecule has 0 bridgehead atoms. The Morgan fingerprint density at radius 1 is 0.795 bits per heavy atom. The van der Waals surface area contributed by atoms with Gasteiger partial charge in [-0.25, -0.2) is 14.7 Å². The van der Waals surface area contributed by atoms with Crippen molar-refractivity contribution in [1.82, 2.24) is 9.78 Å². The lowest BCUT2D eigenvalue weighted by atomic mass is 9.93. The number of nitrogens with zero attached hydrogens (tertiary/aromatic N) is 5.